The first-order valence-corrected chi connectivity index (χ1v) is 5.42. The number of morpholine rings is 1. The molecule has 1 N–H and O–H groups in total. The van der Waals surface area contributed by atoms with Gasteiger partial charge in [0.1, 0.15) is 0 Å². The zero-order valence-electron chi connectivity index (χ0n) is 9.86. The normalized spacial score (nSPS) is 15.8. The number of carbonyl (C=O) groups is 2. The first-order valence-electron chi connectivity index (χ1n) is 5.42. The first kappa shape index (κ1) is 12.8. The number of hydrogen-bond donors (Lipinski definition) is 1. The van der Waals surface area contributed by atoms with Crippen molar-refractivity contribution in [2.75, 3.05) is 46.9 Å². The standard InChI is InChI=1S/C10H19N3O3/c1-12(2)10(15)11-4-3-9(14)13-5-7-16-8-6-13/h3-8H2,1-2H3,(H,11,15). The maximum Gasteiger partial charge on any atom is 0.316 e. The van der Waals surface area contributed by atoms with Crippen LogP contribution in [0.5, 0.6) is 0 Å². The fourth-order valence-electron chi connectivity index (χ4n) is 1.41. The average Bonchev–Trinajstić information content (AvgIpc) is 2.29. The smallest absolute Gasteiger partial charge is 0.316 e. The molecule has 1 rings (SSSR count). The quantitative estimate of drug-likeness (QED) is 0.710. The van der Waals surface area contributed by atoms with Gasteiger partial charge in [-0.05, 0) is 0 Å². The van der Waals surface area contributed by atoms with E-state index in [1.54, 1.807) is 19.0 Å². The van der Waals surface area contributed by atoms with Gasteiger partial charge in [0.05, 0.1) is 13.2 Å². The third kappa shape index (κ3) is 4.06. The molecule has 6 nitrogen and oxygen atoms in total. The maximum absolute atomic E-state index is 11.7. The van der Waals surface area contributed by atoms with E-state index in [4.69, 9.17) is 4.74 Å². The highest BCUT2D eigenvalue weighted by atomic mass is 16.5. The number of nitrogens with zero attached hydrogens (tertiary/aromatic N) is 2. The lowest BCUT2D eigenvalue weighted by Crippen LogP contribution is -2.42. The molecule has 1 saturated heterocycles. The summed E-state index contributed by atoms with van der Waals surface area (Å²) in [5, 5.41) is 2.66. The van der Waals surface area contributed by atoms with Gasteiger partial charge in [0, 0.05) is 40.2 Å². The highest BCUT2D eigenvalue weighted by molar-refractivity contribution is 5.78. The topological polar surface area (TPSA) is 61.9 Å². The van der Waals surface area contributed by atoms with Crippen molar-refractivity contribution in [3.63, 3.8) is 0 Å². The van der Waals surface area contributed by atoms with Gasteiger partial charge in [-0.25, -0.2) is 4.79 Å². The zero-order valence-corrected chi connectivity index (χ0v) is 9.86. The summed E-state index contributed by atoms with van der Waals surface area (Å²) in [7, 11) is 3.33. The first-order chi connectivity index (χ1) is 7.61. The molecular weight excluding hydrogens is 210 g/mol. The Morgan fingerprint density at radius 3 is 2.50 bits per heavy atom. The van der Waals surface area contributed by atoms with Crippen LogP contribution in [-0.4, -0.2) is 68.7 Å². The van der Waals surface area contributed by atoms with E-state index in [9.17, 15) is 9.59 Å². The van der Waals surface area contributed by atoms with E-state index in [-0.39, 0.29) is 11.9 Å². The highest BCUT2D eigenvalue weighted by Crippen LogP contribution is 1.99. The molecule has 0 radical (unpaired) electrons. The molecule has 3 amide bonds. The Balaban J connectivity index is 2.17. The number of carbonyl (C=O) groups excluding carboxylic acids is 2. The monoisotopic (exact) mass is 229 g/mol. The fourth-order valence-corrected chi connectivity index (χ4v) is 1.41. The summed E-state index contributed by atoms with van der Waals surface area (Å²) in [5.74, 6) is 0.0716. The molecule has 0 atom stereocenters. The Hall–Kier alpha value is -1.30. The van der Waals surface area contributed by atoms with Crippen LogP contribution in [0.15, 0.2) is 0 Å². The van der Waals surface area contributed by atoms with E-state index in [1.165, 1.54) is 4.90 Å². The molecule has 92 valence electrons. The predicted molar refractivity (Wildman–Crippen MR) is 59.1 cm³/mol. The van der Waals surface area contributed by atoms with Crippen molar-refractivity contribution in [3.8, 4) is 0 Å². The molecule has 0 bridgehead atoms. The van der Waals surface area contributed by atoms with Crippen molar-refractivity contribution in [3.05, 3.63) is 0 Å². The predicted octanol–water partition coefficient (Wildman–Crippen LogP) is -0.493. The van der Waals surface area contributed by atoms with Gasteiger partial charge in [-0.15, -0.1) is 0 Å². The number of urea groups is 1. The summed E-state index contributed by atoms with van der Waals surface area (Å²) < 4.78 is 5.15. The van der Waals surface area contributed by atoms with Crippen LogP contribution in [0.1, 0.15) is 6.42 Å². The molecule has 1 fully saturated rings. The minimum Gasteiger partial charge on any atom is -0.378 e. The molecule has 1 aliphatic rings. The number of amides is 3. The van der Waals surface area contributed by atoms with Gasteiger partial charge in [-0.2, -0.15) is 0 Å². The molecule has 1 aliphatic heterocycles. The summed E-state index contributed by atoms with van der Waals surface area (Å²) in [6.45, 7) is 2.90. The van der Waals surface area contributed by atoms with Crippen molar-refractivity contribution in [2.24, 2.45) is 0 Å². The number of ether oxygens (including phenoxy) is 1. The third-order valence-electron chi connectivity index (χ3n) is 2.39. The SMILES string of the molecule is CN(C)C(=O)NCCC(=O)N1CCOCC1. The number of nitrogens with one attached hydrogen (secondary N) is 1. The Morgan fingerprint density at radius 2 is 1.94 bits per heavy atom. The summed E-state index contributed by atoms with van der Waals surface area (Å²) >= 11 is 0. The van der Waals surface area contributed by atoms with Crippen LogP contribution < -0.4 is 5.32 Å². The van der Waals surface area contributed by atoms with Crippen molar-refractivity contribution in [1.82, 2.24) is 15.1 Å². The third-order valence-corrected chi connectivity index (χ3v) is 2.39. The molecular formula is C10H19N3O3. The minimum absolute atomic E-state index is 0.0716. The van der Waals surface area contributed by atoms with Gasteiger partial charge < -0.3 is 19.9 Å². The van der Waals surface area contributed by atoms with Gasteiger partial charge in [0.2, 0.25) is 5.91 Å². The van der Waals surface area contributed by atoms with Crippen molar-refractivity contribution in [1.29, 1.82) is 0 Å². The summed E-state index contributed by atoms with van der Waals surface area (Å²) in [4.78, 5) is 26.0. The molecule has 0 spiro atoms. The van der Waals surface area contributed by atoms with Crippen LogP contribution in [0.2, 0.25) is 0 Å². The second kappa shape index (κ2) is 6.32. The lowest BCUT2D eigenvalue weighted by Gasteiger charge is -2.26. The minimum atomic E-state index is -0.172. The van der Waals surface area contributed by atoms with Crippen LogP contribution >= 0.6 is 0 Å². The van der Waals surface area contributed by atoms with E-state index >= 15 is 0 Å². The molecule has 0 aromatic carbocycles. The Kier molecular flexibility index (Phi) is 5.04. The molecule has 0 aromatic rings. The lowest BCUT2D eigenvalue weighted by molar-refractivity contribution is -0.135. The highest BCUT2D eigenvalue weighted by Gasteiger charge is 2.16. The summed E-state index contributed by atoms with van der Waals surface area (Å²) in [5.41, 5.74) is 0. The van der Waals surface area contributed by atoms with E-state index in [1.807, 2.05) is 0 Å². The Bertz CT molecular complexity index is 250. The van der Waals surface area contributed by atoms with E-state index in [0.717, 1.165) is 0 Å². The van der Waals surface area contributed by atoms with Gasteiger partial charge in [-0.1, -0.05) is 0 Å². The van der Waals surface area contributed by atoms with Crippen molar-refractivity contribution in [2.45, 2.75) is 6.42 Å². The molecule has 0 unspecified atom stereocenters. The van der Waals surface area contributed by atoms with E-state index < -0.39 is 0 Å². The largest absolute Gasteiger partial charge is 0.378 e. The van der Waals surface area contributed by atoms with Crippen LogP contribution in [0.4, 0.5) is 4.79 Å². The van der Waals surface area contributed by atoms with Crippen LogP contribution in [0.25, 0.3) is 0 Å². The number of hydrogen-bond acceptors (Lipinski definition) is 3. The van der Waals surface area contributed by atoms with Crippen LogP contribution in [-0.2, 0) is 9.53 Å². The van der Waals surface area contributed by atoms with Crippen molar-refractivity contribution < 1.29 is 14.3 Å². The maximum atomic E-state index is 11.7. The second-order valence-electron chi connectivity index (χ2n) is 3.87. The number of rotatable bonds is 3. The summed E-state index contributed by atoms with van der Waals surface area (Å²) in [6, 6.07) is -0.172. The molecule has 0 saturated carbocycles. The zero-order chi connectivity index (χ0) is 12.0. The Labute approximate surface area is 95.5 Å². The van der Waals surface area contributed by atoms with Crippen LogP contribution in [0.3, 0.4) is 0 Å². The summed E-state index contributed by atoms with van der Waals surface area (Å²) in [6.07, 6.45) is 0.347. The van der Waals surface area contributed by atoms with E-state index in [2.05, 4.69) is 5.32 Å². The van der Waals surface area contributed by atoms with Gasteiger partial charge in [-0.3, -0.25) is 4.79 Å². The molecule has 0 aliphatic carbocycles. The fraction of sp³-hybridized carbons (Fsp3) is 0.800. The molecule has 16 heavy (non-hydrogen) atoms. The molecule has 1 heterocycles. The molecule has 6 heteroatoms. The van der Waals surface area contributed by atoms with Gasteiger partial charge >= 0.3 is 6.03 Å². The van der Waals surface area contributed by atoms with E-state index in [0.29, 0.717) is 39.3 Å². The van der Waals surface area contributed by atoms with Gasteiger partial charge in [0.15, 0.2) is 0 Å². The Morgan fingerprint density at radius 1 is 1.31 bits per heavy atom. The van der Waals surface area contributed by atoms with Gasteiger partial charge in [0.25, 0.3) is 0 Å². The average molecular weight is 229 g/mol. The molecule has 0 aromatic heterocycles. The van der Waals surface area contributed by atoms with Crippen molar-refractivity contribution >= 4 is 11.9 Å². The van der Waals surface area contributed by atoms with Crippen LogP contribution in [0, 0.1) is 0 Å². The second-order valence-corrected chi connectivity index (χ2v) is 3.87. The lowest BCUT2D eigenvalue weighted by atomic mass is 10.3.